The van der Waals surface area contributed by atoms with Crippen molar-refractivity contribution in [1.29, 1.82) is 0 Å². The fourth-order valence-corrected chi connectivity index (χ4v) is 12.0. The minimum atomic E-state index is -3.02. The van der Waals surface area contributed by atoms with E-state index < -0.39 is 8.07 Å². The van der Waals surface area contributed by atoms with Gasteiger partial charge >= 0.3 is 0 Å². The molecule has 4 heteroatoms. The highest BCUT2D eigenvalue weighted by Gasteiger charge is 2.45. The van der Waals surface area contributed by atoms with Crippen molar-refractivity contribution < 1.29 is 4.42 Å². The van der Waals surface area contributed by atoms with E-state index in [0.29, 0.717) is 0 Å². The van der Waals surface area contributed by atoms with Crippen LogP contribution in [0.3, 0.4) is 0 Å². The number of aromatic nitrogens is 2. The van der Waals surface area contributed by atoms with Gasteiger partial charge in [0.1, 0.15) is 17.0 Å². The minimum absolute atomic E-state index is 0.899. The Labute approximate surface area is 261 Å². The van der Waals surface area contributed by atoms with Gasteiger partial charge in [0, 0.05) is 26.9 Å². The van der Waals surface area contributed by atoms with Crippen molar-refractivity contribution in [2.75, 3.05) is 0 Å². The predicted molar refractivity (Wildman–Crippen MR) is 189 cm³/mol. The molecule has 0 fully saturated rings. The Bertz CT molecular complexity index is 2400. The van der Waals surface area contributed by atoms with Crippen LogP contribution in [0, 0.1) is 0 Å². The molecule has 3 aromatic heterocycles. The summed E-state index contributed by atoms with van der Waals surface area (Å²) < 4.78 is 9.08. The normalized spacial score (nSPS) is 12.0. The topological polar surface area (TPSA) is 31.0 Å². The van der Waals surface area contributed by atoms with Crippen LogP contribution in [-0.2, 0) is 0 Å². The molecule has 0 unspecified atom stereocenters. The molecule has 0 N–H and O–H groups in total. The number of rotatable bonds is 5. The van der Waals surface area contributed by atoms with E-state index in [4.69, 9.17) is 9.40 Å². The van der Waals surface area contributed by atoms with Gasteiger partial charge in [-0.25, -0.2) is 4.98 Å². The molecule has 0 aliphatic heterocycles. The molecule has 3 heterocycles. The molecule has 9 rings (SSSR count). The lowest BCUT2D eigenvalue weighted by molar-refractivity contribution is 0.671. The number of furan rings is 1. The number of fused-ring (bicyclic) bond motifs is 6. The van der Waals surface area contributed by atoms with Crippen LogP contribution in [0.4, 0.5) is 0 Å². The molecule has 3 nitrogen and oxygen atoms in total. The van der Waals surface area contributed by atoms with E-state index in [1.54, 1.807) is 0 Å². The Balaban J connectivity index is 1.42. The molecule has 0 aliphatic rings. The number of nitrogens with zero attached hydrogens (tertiary/aromatic N) is 2. The Hall–Kier alpha value is -5.71. The number of benzene rings is 6. The molecule has 0 saturated heterocycles. The second kappa shape index (κ2) is 10.2. The number of hydrogen-bond donors (Lipinski definition) is 0. The molecule has 6 aromatic carbocycles. The van der Waals surface area contributed by atoms with E-state index in [1.807, 2.05) is 6.07 Å². The van der Waals surface area contributed by atoms with Crippen LogP contribution in [0.15, 0.2) is 174 Å². The summed E-state index contributed by atoms with van der Waals surface area (Å²) in [6, 6.07) is 60.6. The summed E-state index contributed by atoms with van der Waals surface area (Å²) >= 11 is 0. The standard InChI is InChI=1S/C41H28N2OSi/c1-3-15-29(16-4-1)45(30-17-5-2-6-18-30,38-26-13-22-34-33-21-9-12-25-37(33)44-41(34)38)40-28-14-27-39(42-40)43-35-23-10-7-19-31(35)32-20-8-11-24-36(32)43/h1-28H. The van der Waals surface area contributed by atoms with Crippen molar-refractivity contribution >= 4 is 72.7 Å². The summed E-state index contributed by atoms with van der Waals surface area (Å²) in [6.07, 6.45) is 0. The molecule has 0 spiro atoms. The Morgan fingerprint density at radius 3 is 1.64 bits per heavy atom. The van der Waals surface area contributed by atoms with Gasteiger partial charge in [-0.05, 0) is 45.9 Å². The first kappa shape index (κ1) is 25.8. The summed E-state index contributed by atoms with van der Waals surface area (Å²) in [4.78, 5) is 5.66. The molecule has 0 aliphatic carbocycles. The first-order valence-electron chi connectivity index (χ1n) is 15.3. The van der Waals surface area contributed by atoms with Crippen molar-refractivity contribution in [2.24, 2.45) is 0 Å². The lowest BCUT2D eigenvalue weighted by Gasteiger charge is -2.33. The van der Waals surface area contributed by atoms with Gasteiger partial charge in [-0.3, -0.25) is 4.57 Å². The van der Waals surface area contributed by atoms with Gasteiger partial charge in [0.25, 0.3) is 0 Å². The highest BCUT2D eigenvalue weighted by Crippen LogP contribution is 2.32. The molecule has 0 atom stereocenters. The fraction of sp³-hybridized carbons (Fsp3) is 0. The molecule has 0 bridgehead atoms. The Morgan fingerprint density at radius 2 is 0.978 bits per heavy atom. The zero-order valence-corrected chi connectivity index (χ0v) is 25.5. The number of para-hydroxylation sites is 4. The van der Waals surface area contributed by atoms with Crippen LogP contribution < -0.4 is 20.9 Å². The average molecular weight is 593 g/mol. The van der Waals surface area contributed by atoms with Crippen molar-refractivity contribution in [2.45, 2.75) is 0 Å². The maximum atomic E-state index is 6.77. The van der Waals surface area contributed by atoms with E-state index >= 15 is 0 Å². The van der Waals surface area contributed by atoms with Crippen LogP contribution in [0.1, 0.15) is 0 Å². The van der Waals surface area contributed by atoms with E-state index in [2.05, 4.69) is 168 Å². The number of pyridine rings is 1. The molecule has 45 heavy (non-hydrogen) atoms. The van der Waals surface area contributed by atoms with Gasteiger partial charge in [0.2, 0.25) is 8.07 Å². The van der Waals surface area contributed by atoms with E-state index in [0.717, 1.165) is 44.1 Å². The first-order chi connectivity index (χ1) is 22.3. The fourth-order valence-electron chi connectivity index (χ4n) is 7.26. The highest BCUT2D eigenvalue weighted by atomic mass is 28.3. The minimum Gasteiger partial charge on any atom is -0.456 e. The van der Waals surface area contributed by atoms with Crippen molar-refractivity contribution in [1.82, 2.24) is 9.55 Å². The molecule has 0 saturated carbocycles. The summed E-state index contributed by atoms with van der Waals surface area (Å²) in [7, 11) is -3.02. The highest BCUT2D eigenvalue weighted by molar-refractivity contribution is 7.20. The Morgan fingerprint density at radius 1 is 0.444 bits per heavy atom. The third-order valence-corrected chi connectivity index (χ3v) is 13.8. The van der Waals surface area contributed by atoms with E-state index in [-0.39, 0.29) is 0 Å². The van der Waals surface area contributed by atoms with Crippen LogP contribution >= 0.6 is 0 Å². The van der Waals surface area contributed by atoms with Crippen molar-refractivity contribution in [3.05, 3.63) is 170 Å². The van der Waals surface area contributed by atoms with Crippen molar-refractivity contribution in [3.63, 3.8) is 0 Å². The smallest absolute Gasteiger partial charge is 0.205 e. The third kappa shape index (κ3) is 3.79. The third-order valence-electron chi connectivity index (χ3n) is 9.15. The largest absolute Gasteiger partial charge is 0.456 e. The zero-order chi connectivity index (χ0) is 29.8. The summed E-state index contributed by atoms with van der Waals surface area (Å²) in [6.45, 7) is 0. The first-order valence-corrected chi connectivity index (χ1v) is 17.3. The van der Waals surface area contributed by atoms with Crippen LogP contribution in [-0.4, -0.2) is 17.6 Å². The van der Waals surface area contributed by atoms with Crippen LogP contribution in [0.2, 0.25) is 0 Å². The molecular weight excluding hydrogens is 565 g/mol. The lowest BCUT2D eigenvalue weighted by atomic mass is 10.1. The van der Waals surface area contributed by atoms with Crippen LogP contribution in [0.5, 0.6) is 0 Å². The zero-order valence-electron chi connectivity index (χ0n) is 24.5. The van der Waals surface area contributed by atoms with Gasteiger partial charge < -0.3 is 4.42 Å². The van der Waals surface area contributed by atoms with Gasteiger partial charge in [0.05, 0.1) is 11.0 Å². The molecule has 9 aromatic rings. The summed E-state index contributed by atoms with van der Waals surface area (Å²) in [5.74, 6) is 0.908. The van der Waals surface area contributed by atoms with E-state index in [9.17, 15) is 0 Å². The Kier molecular flexibility index (Phi) is 5.83. The van der Waals surface area contributed by atoms with Crippen molar-refractivity contribution in [3.8, 4) is 5.82 Å². The quantitative estimate of drug-likeness (QED) is 0.154. The van der Waals surface area contributed by atoms with Gasteiger partial charge in [-0.1, -0.05) is 140 Å². The second-order valence-electron chi connectivity index (χ2n) is 11.5. The molecular formula is C41H28N2OSi. The molecule has 0 amide bonds. The molecule has 0 radical (unpaired) electrons. The van der Waals surface area contributed by atoms with Gasteiger partial charge in [-0.15, -0.1) is 0 Å². The summed E-state index contributed by atoms with van der Waals surface area (Å²) in [5.41, 5.74) is 4.13. The molecule has 212 valence electrons. The average Bonchev–Trinajstić information content (AvgIpc) is 3.66. The second-order valence-corrected chi connectivity index (χ2v) is 15.2. The SMILES string of the molecule is c1ccc([Si](c2ccccc2)(c2cccc(-n3c4ccccc4c4ccccc43)n2)c2cccc3c2oc2ccccc23)cc1. The monoisotopic (exact) mass is 592 g/mol. The summed E-state index contributed by atoms with van der Waals surface area (Å²) in [5, 5.41) is 9.49. The van der Waals surface area contributed by atoms with Gasteiger partial charge in [-0.2, -0.15) is 0 Å². The predicted octanol–water partition coefficient (Wildman–Crippen LogP) is 7.46. The lowest BCUT2D eigenvalue weighted by Crippen LogP contribution is -2.75. The maximum Gasteiger partial charge on any atom is 0.205 e. The maximum absolute atomic E-state index is 6.77. The van der Waals surface area contributed by atoms with Crippen LogP contribution in [0.25, 0.3) is 49.6 Å². The van der Waals surface area contributed by atoms with E-state index in [1.165, 1.54) is 26.3 Å². The number of hydrogen-bond acceptors (Lipinski definition) is 2. The van der Waals surface area contributed by atoms with Gasteiger partial charge in [0.15, 0.2) is 0 Å².